The summed E-state index contributed by atoms with van der Waals surface area (Å²) in [6.45, 7) is 1.05. The van der Waals surface area contributed by atoms with Crippen molar-refractivity contribution in [2.75, 3.05) is 12.8 Å². The van der Waals surface area contributed by atoms with Gasteiger partial charge in [0.2, 0.25) is 0 Å². The van der Waals surface area contributed by atoms with Gasteiger partial charge in [-0.05, 0) is 18.2 Å². The highest BCUT2D eigenvalue weighted by atomic mass is 32.2. The molecule has 1 aromatic carbocycles. The second-order valence-electron chi connectivity index (χ2n) is 4.69. The molecule has 8 nitrogen and oxygen atoms in total. The predicted octanol–water partition coefficient (Wildman–Crippen LogP) is 0.184. The number of aromatic amines is 1. The van der Waals surface area contributed by atoms with E-state index in [-0.39, 0.29) is 4.90 Å². The molecule has 0 bridgehead atoms. The highest BCUT2D eigenvalue weighted by Gasteiger charge is 2.12. The highest BCUT2D eigenvalue weighted by molar-refractivity contribution is 7.90. The van der Waals surface area contributed by atoms with E-state index in [9.17, 15) is 8.42 Å². The molecule has 21 heavy (non-hydrogen) atoms. The summed E-state index contributed by atoms with van der Waals surface area (Å²) in [7, 11) is -3.25. The maximum atomic E-state index is 11.6. The number of sulfone groups is 1. The summed E-state index contributed by atoms with van der Waals surface area (Å²) in [5.74, 6) is 0.541. The van der Waals surface area contributed by atoms with Crippen LogP contribution in [0.2, 0.25) is 0 Å². The van der Waals surface area contributed by atoms with E-state index in [0.717, 1.165) is 0 Å². The first kappa shape index (κ1) is 13.7. The maximum Gasteiger partial charge on any atom is 0.175 e. The van der Waals surface area contributed by atoms with E-state index in [1.54, 1.807) is 23.0 Å². The van der Waals surface area contributed by atoms with Crippen molar-refractivity contribution < 1.29 is 8.42 Å². The average molecular weight is 306 g/mol. The molecule has 3 aromatic rings. The number of fused-ring (bicyclic) bond motifs is 1. The number of nitrogens with two attached hydrogens (primary N) is 1. The molecule has 0 unspecified atom stereocenters. The van der Waals surface area contributed by atoms with Crippen LogP contribution in [0.1, 0.15) is 0 Å². The molecule has 9 heteroatoms. The highest BCUT2D eigenvalue weighted by Crippen LogP contribution is 2.21. The predicted molar refractivity (Wildman–Crippen MR) is 77.3 cm³/mol. The second-order valence-corrected chi connectivity index (χ2v) is 6.71. The smallest absolute Gasteiger partial charge is 0.175 e. The Morgan fingerprint density at radius 3 is 2.90 bits per heavy atom. The van der Waals surface area contributed by atoms with Crippen LogP contribution in [0, 0.1) is 0 Å². The van der Waals surface area contributed by atoms with Crippen LogP contribution in [0.3, 0.4) is 0 Å². The Morgan fingerprint density at radius 2 is 2.19 bits per heavy atom. The minimum atomic E-state index is -3.25. The lowest BCUT2D eigenvalue weighted by atomic mass is 10.3. The van der Waals surface area contributed by atoms with Gasteiger partial charge in [-0.15, -0.1) is 5.10 Å². The van der Waals surface area contributed by atoms with Crippen LogP contribution < -0.4 is 5.73 Å². The van der Waals surface area contributed by atoms with Crippen LogP contribution in [0.15, 0.2) is 29.3 Å². The molecule has 3 rings (SSSR count). The molecule has 3 N–H and O–H groups in total. The minimum Gasteiger partial charge on any atom is -0.336 e. The Kier molecular flexibility index (Phi) is 3.22. The Labute approximate surface area is 120 Å². The summed E-state index contributed by atoms with van der Waals surface area (Å²) in [4.78, 5) is 7.69. The fourth-order valence-corrected chi connectivity index (χ4v) is 2.64. The first-order valence-electron chi connectivity index (χ1n) is 6.28. The molecule has 0 amide bonds. The molecule has 110 valence electrons. The van der Waals surface area contributed by atoms with E-state index in [1.807, 2.05) is 0 Å². The normalized spacial score (nSPS) is 12.1. The molecule has 0 saturated heterocycles. The van der Waals surface area contributed by atoms with E-state index in [0.29, 0.717) is 35.6 Å². The molecule has 2 aromatic heterocycles. The van der Waals surface area contributed by atoms with Gasteiger partial charge >= 0.3 is 0 Å². The molecular formula is C12H14N6O2S. The van der Waals surface area contributed by atoms with Gasteiger partial charge in [0.25, 0.3) is 0 Å². The Morgan fingerprint density at radius 1 is 1.38 bits per heavy atom. The monoisotopic (exact) mass is 306 g/mol. The fraction of sp³-hybridized carbons (Fsp3) is 0.250. The number of H-pyrrole nitrogens is 1. The van der Waals surface area contributed by atoms with Crippen LogP contribution in [0.4, 0.5) is 0 Å². The molecule has 0 saturated carbocycles. The van der Waals surface area contributed by atoms with Crippen molar-refractivity contribution in [3.8, 4) is 11.5 Å². The topological polar surface area (TPSA) is 120 Å². The van der Waals surface area contributed by atoms with Gasteiger partial charge < -0.3 is 10.7 Å². The van der Waals surface area contributed by atoms with Crippen LogP contribution in [0.5, 0.6) is 0 Å². The lowest BCUT2D eigenvalue weighted by Crippen LogP contribution is -2.10. The number of nitrogens with zero attached hydrogens (tertiary/aromatic N) is 4. The number of hydrogen-bond donors (Lipinski definition) is 2. The molecule has 0 aliphatic rings. The molecule has 0 radical (unpaired) electrons. The molecule has 0 spiro atoms. The van der Waals surface area contributed by atoms with Gasteiger partial charge in [0.1, 0.15) is 5.69 Å². The average Bonchev–Trinajstić information content (AvgIpc) is 3.02. The minimum absolute atomic E-state index is 0.247. The molecule has 0 fully saturated rings. The van der Waals surface area contributed by atoms with Crippen molar-refractivity contribution in [1.29, 1.82) is 0 Å². The third-order valence-corrected chi connectivity index (χ3v) is 4.13. The van der Waals surface area contributed by atoms with Crippen molar-refractivity contribution in [2.45, 2.75) is 11.4 Å². The van der Waals surface area contributed by atoms with Crippen molar-refractivity contribution >= 4 is 20.9 Å². The van der Waals surface area contributed by atoms with Gasteiger partial charge in [-0.1, -0.05) is 5.21 Å². The van der Waals surface area contributed by atoms with Crippen LogP contribution in [0.25, 0.3) is 22.6 Å². The van der Waals surface area contributed by atoms with E-state index in [4.69, 9.17) is 5.73 Å². The van der Waals surface area contributed by atoms with Crippen molar-refractivity contribution in [3.05, 3.63) is 24.4 Å². The summed E-state index contributed by atoms with van der Waals surface area (Å²) in [6.07, 6.45) is 2.91. The van der Waals surface area contributed by atoms with Gasteiger partial charge in [0.15, 0.2) is 15.7 Å². The number of rotatable bonds is 4. The Balaban J connectivity index is 2.04. The lowest BCUT2D eigenvalue weighted by molar-refractivity contribution is 0.598. The zero-order chi connectivity index (χ0) is 15.0. The van der Waals surface area contributed by atoms with Crippen LogP contribution in [-0.2, 0) is 16.4 Å². The molecular weight excluding hydrogens is 292 g/mol. The number of imidazole rings is 1. The Bertz CT molecular complexity index is 896. The van der Waals surface area contributed by atoms with E-state index < -0.39 is 9.84 Å². The summed E-state index contributed by atoms with van der Waals surface area (Å²) in [6, 6.07) is 4.76. The van der Waals surface area contributed by atoms with Crippen molar-refractivity contribution in [2.24, 2.45) is 5.73 Å². The van der Waals surface area contributed by atoms with Gasteiger partial charge in [0, 0.05) is 12.8 Å². The molecule has 0 aliphatic heterocycles. The summed E-state index contributed by atoms with van der Waals surface area (Å²) in [5.41, 5.74) is 7.35. The number of aromatic nitrogens is 5. The van der Waals surface area contributed by atoms with Gasteiger partial charge in [-0.3, -0.25) is 4.68 Å². The van der Waals surface area contributed by atoms with Gasteiger partial charge in [-0.25, -0.2) is 13.4 Å². The first-order valence-corrected chi connectivity index (χ1v) is 8.17. The van der Waals surface area contributed by atoms with Crippen LogP contribution in [-0.4, -0.2) is 46.2 Å². The lowest BCUT2D eigenvalue weighted by Gasteiger charge is -1.96. The molecule has 0 atom stereocenters. The van der Waals surface area contributed by atoms with Crippen molar-refractivity contribution in [3.63, 3.8) is 0 Å². The number of benzene rings is 1. The van der Waals surface area contributed by atoms with Crippen LogP contribution >= 0.6 is 0 Å². The number of hydrogen-bond acceptors (Lipinski definition) is 6. The Hall–Kier alpha value is -2.26. The maximum absolute atomic E-state index is 11.6. The summed E-state index contributed by atoms with van der Waals surface area (Å²) >= 11 is 0. The van der Waals surface area contributed by atoms with Gasteiger partial charge in [0.05, 0.1) is 28.7 Å². The van der Waals surface area contributed by atoms with Gasteiger partial charge in [-0.2, -0.15) is 0 Å². The van der Waals surface area contributed by atoms with E-state index >= 15 is 0 Å². The summed E-state index contributed by atoms with van der Waals surface area (Å²) in [5, 5.41) is 7.96. The standard InChI is InChI=1S/C12H14N6O2S/c1-21(19,20)8-2-3-9-10(6-8)15-12(14-9)11-7-18(5-4-13)17-16-11/h2-3,6-7H,4-5,13H2,1H3,(H,14,15). The number of nitrogens with one attached hydrogen (secondary N) is 1. The zero-order valence-corrected chi connectivity index (χ0v) is 12.1. The van der Waals surface area contributed by atoms with Crippen molar-refractivity contribution in [1.82, 2.24) is 25.0 Å². The largest absolute Gasteiger partial charge is 0.336 e. The second kappa shape index (κ2) is 4.93. The fourth-order valence-electron chi connectivity index (χ4n) is 1.99. The summed E-state index contributed by atoms with van der Waals surface area (Å²) < 4.78 is 24.7. The zero-order valence-electron chi connectivity index (χ0n) is 11.3. The quantitative estimate of drug-likeness (QED) is 0.709. The van der Waals surface area contributed by atoms with E-state index in [2.05, 4.69) is 20.3 Å². The molecule has 2 heterocycles. The third-order valence-electron chi connectivity index (χ3n) is 3.02. The molecule has 0 aliphatic carbocycles. The third kappa shape index (κ3) is 2.65. The first-order chi connectivity index (χ1) is 9.97. The van der Waals surface area contributed by atoms with E-state index in [1.165, 1.54) is 12.3 Å². The SMILES string of the molecule is CS(=O)(=O)c1ccc2nc(-c3cn(CCN)nn3)[nH]c2c1.